The van der Waals surface area contributed by atoms with Gasteiger partial charge >= 0.3 is 5.97 Å². The Morgan fingerprint density at radius 1 is 1.07 bits per heavy atom. The van der Waals surface area contributed by atoms with Crippen LogP contribution in [-0.4, -0.2) is 68.9 Å². The molecule has 2 N–H and O–H groups in total. The second-order valence-corrected chi connectivity index (χ2v) is 13.7. The van der Waals surface area contributed by atoms with Crippen LogP contribution in [0.25, 0.3) is 31.4 Å². The van der Waals surface area contributed by atoms with E-state index in [9.17, 15) is 9.90 Å². The first-order valence-corrected chi connectivity index (χ1v) is 15.4. The summed E-state index contributed by atoms with van der Waals surface area (Å²) in [5, 5.41) is 21.7. The number of aliphatic hydroxyl groups is 1. The zero-order valence-electron chi connectivity index (χ0n) is 23.9. The molecule has 1 saturated heterocycles. The Balaban J connectivity index is 0.000000681. The van der Waals surface area contributed by atoms with Crippen molar-refractivity contribution in [2.75, 3.05) is 31.1 Å². The highest BCUT2D eigenvalue weighted by atomic mass is 35.5. The van der Waals surface area contributed by atoms with E-state index in [2.05, 4.69) is 23.6 Å². The summed E-state index contributed by atoms with van der Waals surface area (Å²) in [7, 11) is 0. The lowest BCUT2D eigenvalue weighted by molar-refractivity contribution is -0.136. The van der Waals surface area contributed by atoms with E-state index in [1.165, 1.54) is 5.00 Å². The summed E-state index contributed by atoms with van der Waals surface area (Å²) in [6.45, 7) is 15.8. The van der Waals surface area contributed by atoms with Crippen LogP contribution in [-0.2, 0) is 11.2 Å². The maximum Gasteiger partial charge on any atom is 0.307 e. The maximum absolute atomic E-state index is 11.7. The van der Waals surface area contributed by atoms with Crippen LogP contribution < -0.4 is 4.90 Å². The minimum absolute atomic E-state index is 0.0449. The lowest BCUT2D eigenvalue weighted by Gasteiger charge is -2.37. The number of aliphatic carboxylic acids is 1. The average Bonchev–Trinajstić information content (AvgIpc) is 3.51. The van der Waals surface area contributed by atoms with Gasteiger partial charge in [-0.25, -0.2) is 9.97 Å². The number of thiazole rings is 2. The van der Waals surface area contributed by atoms with Crippen molar-refractivity contribution >= 4 is 55.5 Å². The summed E-state index contributed by atoms with van der Waals surface area (Å²) in [6.07, 6.45) is 1.91. The molecule has 1 aliphatic heterocycles. The molecule has 0 radical (unpaired) electrons. The van der Waals surface area contributed by atoms with Gasteiger partial charge in [-0.1, -0.05) is 35.1 Å². The van der Waals surface area contributed by atoms with Crippen LogP contribution in [0.3, 0.4) is 0 Å². The number of hydrogen-bond acceptors (Lipinski definition) is 8. The molecule has 5 rings (SSSR count). The van der Waals surface area contributed by atoms with Gasteiger partial charge in [-0.3, -0.25) is 9.69 Å². The van der Waals surface area contributed by atoms with Crippen molar-refractivity contribution in [1.29, 1.82) is 0 Å². The lowest BCUT2D eigenvalue weighted by Crippen LogP contribution is -2.48. The summed E-state index contributed by atoms with van der Waals surface area (Å²) in [5.41, 5.74) is 3.96. The van der Waals surface area contributed by atoms with Crippen molar-refractivity contribution in [3.05, 3.63) is 52.7 Å². The smallest absolute Gasteiger partial charge is 0.307 e. The van der Waals surface area contributed by atoms with Gasteiger partial charge in [0.2, 0.25) is 0 Å². The maximum atomic E-state index is 11.7. The molecule has 0 bridgehead atoms. The zero-order chi connectivity index (χ0) is 29.2. The largest absolute Gasteiger partial charge is 0.481 e. The molecule has 0 amide bonds. The predicted molar refractivity (Wildman–Crippen MR) is 168 cm³/mol. The van der Waals surface area contributed by atoms with Crippen molar-refractivity contribution in [1.82, 2.24) is 14.9 Å². The van der Waals surface area contributed by atoms with Crippen LogP contribution in [0, 0.1) is 6.92 Å². The lowest BCUT2D eigenvalue weighted by atomic mass is 9.93. The number of aryl methyl sites for hydroxylation is 1. The van der Waals surface area contributed by atoms with Crippen molar-refractivity contribution in [3.63, 3.8) is 0 Å². The monoisotopic (exact) mass is 600 g/mol. The number of aromatic nitrogens is 2. The summed E-state index contributed by atoms with van der Waals surface area (Å²) in [5.74, 6) is -0.852. The first-order chi connectivity index (χ1) is 18.8. The standard InChI is InChI=1S/C26H27ClN4O2S2.C4H10O/c1-15(2)30-8-10-31(11-9-30)21-14-28-25(34-21)26-29-20-12-16(3)19(13-22(32)33)23(24(20)35-26)17-4-6-18(27)7-5-17;1-4(2,3)5/h4-7,12,14-15H,8-11,13H2,1-3H3,(H,32,33);5H,1-3H3. The number of piperazine rings is 1. The van der Waals surface area contributed by atoms with E-state index in [1.807, 2.05) is 43.5 Å². The van der Waals surface area contributed by atoms with E-state index >= 15 is 0 Å². The third-order valence-corrected chi connectivity index (χ3v) is 9.05. The van der Waals surface area contributed by atoms with Gasteiger partial charge in [-0.05, 0) is 76.4 Å². The number of hydrogen-bond donors (Lipinski definition) is 2. The van der Waals surface area contributed by atoms with Gasteiger partial charge in [0.05, 0.1) is 28.4 Å². The van der Waals surface area contributed by atoms with E-state index in [-0.39, 0.29) is 6.42 Å². The molecule has 40 heavy (non-hydrogen) atoms. The number of carbonyl (C=O) groups is 1. The minimum atomic E-state index is -0.852. The molecule has 0 aliphatic carbocycles. The number of carboxylic acid groups (broad SMARTS) is 1. The van der Waals surface area contributed by atoms with E-state index in [1.54, 1.807) is 43.4 Å². The number of anilines is 1. The second-order valence-electron chi connectivity index (χ2n) is 11.3. The highest BCUT2D eigenvalue weighted by Crippen LogP contribution is 2.42. The minimum Gasteiger partial charge on any atom is -0.481 e. The van der Waals surface area contributed by atoms with Crippen molar-refractivity contribution in [3.8, 4) is 21.1 Å². The van der Waals surface area contributed by atoms with Gasteiger partial charge in [0.25, 0.3) is 0 Å². The zero-order valence-corrected chi connectivity index (χ0v) is 26.3. The molecule has 10 heteroatoms. The predicted octanol–water partition coefficient (Wildman–Crippen LogP) is 6.98. The first-order valence-electron chi connectivity index (χ1n) is 13.4. The molecular weight excluding hydrogens is 564 g/mol. The van der Waals surface area contributed by atoms with Gasteiger partial charge < -0.3 is 15.1 Å². The van der Waals surface area contributed by atoms with Gasteiger partial charge in [0.1, 0.15) is 5.00 Å². The first kappa shape index (κ1) is 30.4. The molecule has 0 spiro atoms. The molecule has 2 aromatic heterocycles. The van der Waals surface area contributed by atoms with Crippen LogP contribution in [0.2, 0.25) is 5.02 Å². The number of halogens is 1. The molecule has 0 saturated carbocycles. The third-order valence-electron chi connectivity index (χ3n) is 6.51. The summed E-state index contributed by atoms with van der Waals surface area (Å²) >= 11 is 9.38. The van der Waals surface area contributed by atoms with Crippen LogP contribution in [0.4, 0.5) is 5.00 Å². The van der Waals surface area contributed by atoms with Crippen molar-refractivity contribution < 1.29 is 15.0 Å². The Labute approximate surface area is 249 Å². The summed E-state index contributed by atoms with van der Waals surface area (Å²) < 4.78 is 0.978. The topological polar surface area (TPSA) is 89.8 Å². The number of benzene rings is 2. The fourth-order valence-electron chi connectivity index (χ4n) is 4.60. The number of fused-ring (bicyclic) bond motifs is 1. The highest BCUT2D eigenvalue weighted by Gasteiger charge is 2.23. The number of carboxylic acids is 1. The fraction of sp³-hybridized carbons (Fsp3) is 0.433. The fourth-order valence-corrected chi connectivity index (χ4v) is 6.86. The van der Waals surface area contributed by atoms with Crippen molar-refractivity contribution in [2.24, 2.45) is 0 Å². The normalized spacial score (nSPS) is 14.5. The van der Waals surface area contributed by atoms with Crippen molar-refractivity contribution in [2.45, 2.75) is 59.6 Å². The molecule has 1 aliphatic rings. The molecular formula is C30H37ClN4O3S2. The van der Waals surface area contributed by atoms with Gasteiger partial charge in [-0.15, -0.1) is 11.3 Å². The van der Waals surface area contributed by atoms with E-state index in [4.69, 9.17) is 26.7 Å². The number of rotatable bonds is 6. The van der Waals surface area contributed by atoms with Gasteiger partial charge in [0, 0.05) is 42.8 Å². The van der Waals surface area contributed by atoms with Gasteiger partial charge in [0.15, 0.2) is 10.0 Å². The van der Waals surface area contributed by atoms with E-state index in [0.717, 1.165) is 68.7 Å². The average molecular weight is 601 g/mol. The molecule has 1 fully saturated rings. The third kappa shape index (κ3) is 7.59. The summed E-state index contributed by atoms with van der Waals surface area (Å²) in [6, 6.07) is 10.1. The molecule has 0 unspecified atom stereocenters. The Kier molecular flexibility index (Phi) is 9.52. The van der Waals surface area contributed by atoms with E-state index in [0.29, 0.717) is 11.1 Å². The Morgan fingerprint density at radius 3 is 2.27 bits per heavy atom. The summed E-state index contributed by atoms with van der Waals surface area (Å²) in [4.78, 5) is 26.2. The second kappa shape index (κ2) is 12.5. The molecule has 2 aromatic carbocycles. The molecule has 0 atom stereocenters. The van der Waals surface area contributed by atoms with Crippen LogP contribution in [0.5, 0.6) is 0 Å². The highest BCUT2D eigenvalue weighted by molar-refractivity contribution is 7.26. The molecule has 4 aromatic rings. The van der Waals surface area contributed by atoms with Crippen LogP contribution >= 0.6 is 34.3 Å². The quantitative estimate of drug-likeness (QED) is 0.247. The van der Waals surface area contributed by atoms with E-state index < -0.39 is 11.6 Å². The molecule has 7 nitrogen and oxygen atoms in total. The Hall–Kier alpha value is -2.56. The molecule has 214 valence electrons. The Morgan fingerprint density at radius 2 is 1.70 bits per heavy atom. The van der Waals surface area contributed by atoms with Gasteiger partial charge in [-0.2, -0.15) is 0 Å². The Bertz CT molecular complexity index is 1460. The van der Waals surface area contributed by atoms with Crippen LogP contribution in [0.15, 0.2) is 36.5 Å². The SMILES string of the molecule is CC(C)(C)O.Cc1cc2nc(-c3ncc(N4CCN(C(C)C)CC4)s3)sc2c(-c2ccc(Cl)cc2)c1CC(=O)O. The van der Waals surface area contributed by atoms with Crippen LogP contribution in [0.1, 0.15) is 45.7 Å². The number of nitrogens with zero attached hydrogens (tertiary/aromatic N) is 4. The molecule has 3 heterocycles.